The van der Waals surface area contributed by atoms with Crippen molar-refractivity contribution in [2.24, 2.45) is 5.92 Å². The van der Waals surface area contributed by atoms with Crippen LogP contribution in [0.15, 0.2) is 78.9 Å². The maximum atomic E-state index is 5.98. The van der Waals surface area contributed by atoms with Crippen LogP contribution in [0.1, 0.15) is 24.0 Å². The predicted molar refractivity (Wildman–Crippen MR) is 115 cm³/mol. The normalized spacial score (nSPS) is 19.3. The Bertz CT molecular complexity index is 871. The standard InChI is InChI=1S/C25H26ClNO/c26-23-9-11-24(12-10-23)28-25-8-4-7-22(18-25)19-27-15-13-21(14-16-27)17-20-5-2-1-3-6-20/h1-12,18,21H,13-17,19H2/p+1. The van der Waals surface area contributed by atoms with Crippen molar-refractivity contribution in [1.82, 2.24) is 0 Å². The molecule has 0 radical (unpaired) electrons. The van der Waals surface area contributed by atoms with Gasteiger partial charge in [-0.2, -0.15) is 0 Å². The van der Waals surface area contributed by atoms with Crippen LogP contribution in [0.25, 0.3) is 0 Å². The zero-order valence-corrected chi connectivity index (χ0v) is 16.9. The summed E-state index contributed by atoms with van der Waals surface area (Å²) in [5.41, 5.74) is 2.81. The molecule has 1 heterocycles. The van der Waals surface area contributed by atoms with Crippen LogP contribution < -0.4 is 9.64 Å². The fourth-order valence-corrected chi connectivity index (χ4v) is 4.19. The Labute approximate surface area is 172 Å². The minimum absolute atomic E-state index is 0.723. The molecular weight excluding hydrogens is 366 g/mol. The van der Waals surface area contributed by atoms with E-state index in [4.69, 9.17) is 16.3 Å². The zero-order chi connectivity index (χ0) is 19.2. The van der Waals surface area contributed by atoms with Gasteiger partial charge in [0.15, 0.2) is 0 Å². The van der Waals surface area contributed by atoms with E-state index < -0.39 is 0 Å². The number of rotatable bonds is 6. The Hall–Kier alpha value is -2.29. The number of quaternary nitrogens is 1. The highest BCUT2D eigenvalue weighted by molar-refractivity contribution is 6.30. The van der Waals surface area contributed by atoms with Crippen molar-refractivity contribution < 1.29 is 9.64 Å². The van der Waals surface area contributed by atoms with Gasteiger partial charge in [-0.1, -0.05) is 54.1 Å². The number of benzene rings is 3. The Morgan fingerprint density at radius 2 is 1.50 bits per heavy atom. The predicted octanol–water partition coefficient (Wildman–Crippen LogP) is 5.17. The van der Waals surface area contributed by atoms with Gasteiger partial charge in [-0.15, -0.1) is 0 Å². The van der Waals surface area contributed by atoms with E-state index in [0.717, 1.165) is 29.0 Å². The molecule has 1 aliphatic rings. The Balaban J connectivity index is 1.29. The lowest BCUT2D eigenvalue weighted by Crippen LogP contribution is -3.11. The number of halogens is 1. The lowest BCUT2D eigenvalue weighted by molar-refractivity contribution is -0.919. The highest BCUT2D eigenvalue weighted by Crippen LogP contribution is 2.24. The molecule has 1 N–H and O–H groups in total. The third-order valence-corrected chi connectivity index (χ3v) is 5.83. The van der Waals surface area contributed by atoms with Gasteiger partial charge in [0.25, 0.3) is 0 Å². The van der Waals surface area contributed by atoms with Crippen LogP contribution in [-0.4, -0.2) is 13.1 Å². The molecule has 0 unspecified atom stereocenters. The number of ether oxygens (including phenoxy) is 1. The van der Waals surface area contributed by atoms with Crippen molar-refractivity contribution in [1.29, 1.82) is 0 Å². The lowest BCUT2D eigenvalue weighted by Gasteiger charge is -2.29. The molecule has 28 heavy (non-hydrogen) atoms. The summed E-state index contributed by atoms with van der Waals surface area (Å²) in [6, 6.07) is 26.9. The summed E-state index contributed by atoms with van der Waals surface area (Å²) in [6.07, 6.45) is 3.84. The van der Waals surface area contributed by atoms with Gasteiger partial charge in [-0.05, 0) is 67.1 Å². The van der Waals surface area contributed by atoms with E-state index in [1.54, 1.807) is 4.90 Å². The summed E-state index contributed by atoms with van der Waals surface area (Å²) in [7, 11) is 0. The topological polar surface area (TPSA) is 13.7 Å². The van der Waals surface area contributed by atoms with Crippen LogP contribution in [0.2, 0.25) is 5.02 Å². The van der Waals surface area contributed by atoms with Crippen molar-refractivity contribution in [3.63, 3.8) is 0 Å². The van der Waals surface area contributed by atoms with Gasteiger partial charge in [0, 0.05) is 10.6 Å². The highest BCUT2D eigenvalue weighted by atomic mass is 35.5. The van der Waals surface area contributed by atoms with E-state index in [2.05, 4.69) is 48.5 Å². The Kier molecular flexibility index (Phi) is 6.31. The van der Waals surface area contributed by atoms with Crippen molar-refractivity contribution >= 4 is 11.6 Å². The van der Waals surface area contributed by atoms with Crippen molar-refractivity contribution in [2.75, 3.05) is 13.1 Å². The maximum Gasteiger partial charge on any atom is 0.127 e. The molecule has 0 saturated carbocycles. The SMILES string of the molecule is Clc1ccc(Oc2cccc(C[NH+]3CCC(Cc4ccccc4)CC3)c2)cc1. The van der Waals surface area contributed by atoms with E-state index in [0.29, 0.717) is 0 Å². The molecule has 1 saturated heterocycles. The number of hydrogen-bond donors (Lipinski definition) is 1. The molecule has 0 atom stereocenters. The molecular formula is C25H27ClNO+. The molecule has 3 aromatic rings. The second kappa shape index (κ2) is 9.27. The van der Waals surface area contributed by atoms with Crippen LogP contribution in [0.4, 0.5) is 0 Å². The van der Waals surface area contributed by atoms with Gasteiger partial charge < -0.3 is 9.64 Å². The van der Waals surface area contributed by atoms with E-state index in [1.807, 2.05) is 30.3 Å². The molecule has 1 aliphatic heterocycles. The minimum atomic E-state index is 0.723. The smallest absolute Gasteiger partial charge is 0.127 e. The molecule has 0 aromatic heterocycles. The minimum Gasteiger partial charge on any atom is -0.457 e. The first-order chi connectivity index (χ1) is 13.7. The summed E-state index contributed by atoms with van der Waals surface area (Å²) in [6.45, 7) is 3.56. The van der Waals surface area contributed by atoms with Gasteiger partial charge in [0.1, 0.15) is 18.0 Å². The average molecular weight is 393 g/mol. The lowest BCUT2D eigenvalue weighted by atomic mass is 9.90. The first kappa shape index (κ1) is 19.0. The Morgan fingerprint density at radius 1 is 0.786 bits per heavy atom. The van der Waals surface area contributed by atoms with Crippen LogP contribution in [-0.2, 0) is 13.0 Å². The van der Waals surface area contributed by atoms with Crippen LogP contribution in [0, 0.1) is 5.92 Å². The molecule has 0 spiro atoms. The van der Waals surface area contributed by atoms with Gasteiger partial charge in [-0.25, -0.2) is 0 Å². The number of piperidine rings is 1. The number of nitrogens with one attached hydrogen (secondary N) is 1. The third-order valence-electron chi connectivity index (χ3n) is 5.58. The third kappa shape index (κ3) is 5.37. The summed E-state index contributed by atoms with van der Waals surface area (Å²) < 4.78 is 5.98. The molecule has 0 bridgehead atoms. The maximum absolute atomic E-state index is 5.98. The zero-order valence-electron chi connectivity index (χ0n) is 16.1. The molecule has 2 nitrogen and oxygen atoms in total. The van der Waals surface area contributed by atoms with Crippen LogP contribution in [0.5, 0.6) is 11.5 Å². The monoisotopic (exact) mass is 392 g/mol. The summed E-state index contributed by atoms with van der Waals surface area (Å²) in [5, 5.41) is 0.723. The molecule has 0 aliphatic carbocycles. The van der Waals surface area contributed by atoms with E-state index in [-0.39, 0.29) is 0 Å². The van der Waals surface area contributed by atoms with E-state index >= 15 is 0 Å². The van der Waals surface area contributed by atoms with E-state index in [9.17, 15) is 0 Å². The first-order valence-electron chi connectivity index (χ1n) is 10.1. The van der Waals surface area contributed by atoms with Gasteiger partial charge >= 0.3 is 0 Å². The number of hydrogen-bond acceptors (Lipinski definition) is 1. The van der Waals surface area contributed by atoms with Crippen LogP contribution >= 0.6 is 11.6 Å². The second-order valence-electron chi connectivity index (χ2n) is 7.76. The summed E-state index contributed by atoms with van der Waals surface area (Å²) in [5.74, 6) is 2.53. The average Bonchev–Trinajstić information content (AvgIpc) is 2.72. The first-order valence-corrected chi connectivity index (χ1v) is 10.5. The van der Waals surface area contributed by atoms with Gasteiger partial charge in [0.2, 0.25) is 0 Å². The second-order valence-corrected chi connectivity index (χ2v) is 8.20. The Morgan fingerprint density at radius 3 is 2.25 bits per heavy atom. The molecule has 3 aromatic carbocycles. The fraction of sp³-hybridized carbons (Fsp3) is 0.280. The van der Waals surface area contributed by atoms with Gasteiger partial charge in [0.05, 0.1) is 13.1 Å². The quantitative estimate of drug-likeness (QED) is 0.611. The van der Waals surface area contributed by atoms with Crippen molar-refractivity contribution in [3.8, 4) is 11.5 Å². The summed E-state index contributed by atoms with van der Waals surface area (Å²) in [4.78, 5) is 1.67. The van der Waals surface area contributed by atoms with E-state index in [1.165, 1.54) is 43.5 Å². The highest BCUT2D eigenvalue weighted by Gasteiger charge is 2.22. The molecule has 144 valence electrons. The molecule has 1 fully saturated rings. The van der Waals surface area contributed by atoms with Crippen molar-refractivity contribution in [3.05, 3.63) is 95.0 Å². The molecule has 3 heteroatoms. The van der Waals surface area contributed by atoms with Crippen LogP contribution in [0.3, 0.4) is 0 Å². The fourth-order valence-electron chi connectivity index (χ4n) is 4.06. The number of likely N-dealkylation sites (tertiary alicyclic amines) is 1. The van der Waals surface area contributed by atoms with Crippen molar-refractivity contribution in [2.45, 2.75) is 25.8 Å². The van der Waals surface area contributed by atoms with Gasteiger partial charge in [-0.3, -0.25) is 0 Å². The molecule has 0 amide bonds. The summed E-state index contributed by atoms with van der Waals surface area (Å²) >= 11 is 5.95. The largest absolute Gasteiger partial charge is 0.457 e. The molecule has 4 rings (SSSR count).